The highest BCUT2D eigenvalue weighted by Crippen LogP contribution is 2.22. The smallest absolute Gasteiger partial charge is 0.0916 e. The fourth-order valence-corrected chi connectivity index (χ4v) is 2.80. The molecule has 19 heavy (non-hydrogen) atoms. The molecule has 4 heteroatoms. The number of benzene rings is 1. The van der Waals surface area contributed by atoms with Crippen molar-refractivity contribution in [3.05, 3.63) is 29.8 Å². The standard InChI is InChI=1S/C15H24N2O2/c16-14-5-3-13(4-6-14)15(19)11-17-8-1-2-12(10-17)7-9-18/h3-6,12,15,18-19H,1-2,7-11,16H2. The van der Waals surface area contributed by atoms with Gasteiger partial charge in [-0.3, -0.25) is 0 Å². The van der Waals surface area contributed by atoms with E-state index in [1.54, 1.807) is 0 Å². The third-order valence-corrected chi connectivity index (χ3v) is 3.89. The number of hydrogen-bond acceptors (Lipinski definition) is 4. The van der Waals surface area contributed by atoms with E-state index in [0.717, 1.165) is 37.2 Å². The Morgan fingerprint density at radius 1 is 1.32 bits per heavy atom. The lowest BCUT2D eigenvalue weighted by Gasteiger charge is -2.33. The summed E-state index contributed by atoms with van der Waals surface area (Å²) >= 11 is 0. The molecular formula is C15H24N2O2. The van der Waals surface area contributed by atoms with Gasteiger partial charge in [0.25, 0.3) is 0 Å². The number of nitrogen functional groups attached to an aromatic ring is 1. The van der Waals surface area contributed by atoms with Crippen molar-refractivity contribution in [2.45, 2.75) is 25.4 Å². The summed E-state index contributed by atoms with van der Waals surface area (Å²) in [5.74, 6) is 0.567. The van der Waals surface area contributed by atoms with Gasteiger partial charge >= 0.3 is 0 Å². The number of hydrogen-bond donors (Lipinski definition) is 3. The fourth-order valence-electron chi connectivity index (χ4n) is 2.80. The van der Waals surface area contributed by atoms with Gasteiger partial charge in [0.05, 0.1) is 6.10 Å². The number of aliphatic hydroxyl groups is 2. The van der Waals surface area contributed by atoms with Crippen LogP contribution in [0.4, 0.5) is 5.69 Å². The van der Waals surface area contributed by atoms with Crippen LogP contribution in [-0.2, 0) is 0 Å². The van der Waals surface area contributed by atoms with Crippen LogP contribution < -0.4 is 5.73 Å². The number of likely N-dealkylation sites (tertiary alicyclic amines) is 1. The van der Waals surface area contributed by atoms with Crippen LogP contribution >= 0.6 is 0 Å². The quantitative estimate of drug-likeness (QED) is 0.703. The third-order valence-electron chi connectivity index (χ3n) is 3.89. The SMILES string of the molecule is Nc1ccc(C(O)CN2CCCC(CCO)C2)cc1. The van der Waals surface area contributed by atoms with Gasteiger partial charge < -0.3 is 20.8 Å². The first-order valence-electron chi connectivity index (χ1n) is 7.05. The molecule has 1 aliphatic rings. The van der Waals surface area contributed by atoms with Crippen LogP contribution in [0.1, 0.15) is 30.9 Å². The first-order chi connectivity index (χ1) is 9.19. The van der Waals surface area contributed by atoms with E-state index in [9.17, 15) is 5.11 Å². The summed E-state index contributed by atoms with van der Waals surface area (Å²) in [5, 5.41) is 19.3. The Bertz CT molecular complexity index is 378. The molecule has 0 bridgehead atoms. The van der Waals surface area contributed by atoms with Crippen molar-refractivity contribution in [3.8, 4) is 0 Å². The summed E-state index contributed by atoms with van der Waals surface area (Å²) in [7, 11) is 0. The second kappa shape index (κ2) is 6.89. The molecule has 1 saturated heterocycles. The van der Waals surface area contributed by atoms with Crippen LogP contribution in [0, 0.1) is 5.92 Å². The van der Waals surface area contributed by atoms with Crippen molar-refractivity contribution in [2.75, 3.05) is 32.0 Å². The summed E-state index contributed by atoms with van der Waals surface area (Å²) in [4.78, 5) is 2.30. The van der Waals surface area contributed by atoms with Gasteiger partial charge in [0.2, 0.25) is 0 Å². The Morgan fingerprint density at radius 3 is 2.74 bits per heavy atom. The molecule has 0 amide bonds. The minimum Gasteiger partial charge on any atom is -0.399 e. The number of anilines is 1. The summed E-state index contributed by atoms with van der Waals surface area (Å²) in [6.07, 6.45) is 2.75. The maximum Gasteiger partial charge on any atom is 0.0916 e. The molecule has 1 fully saturated rings. The first-order valence-corrected chi connectivity index (χ1v) is 7.05. The van der Waals surface area contributed by atoms with Gasteiger partial charge in [-0.1, -0.05) is 12.1 Å². The molecule has 106 valence electrons. The maximum atomic E-state index is 10.2. The molecule has 0 aromatic heterocycles. The van der Waals surface area contributed by atoms with Crippen molar-refractivity contribution < 1.29 is 10.2 Å². The molecule has 0 radical (unpaired) electrons. The molecule has 4 nitrogen and oxygen atoms in total. The maximum absolute atomic E-state index is 10.2. The average molecular weight is 264 g/mol. The monoisotopic (exact) mass is 264 g/mol. The van der Waals surface area contributed by atoms with Crippen molar-refractivity contribution in [3.63, 3.8) is 0 Å². The first kappa shape index (κ1) is 14.3. The van der Waals surface area contributed by atoms with E-state index < -0.39 is 6.10 Å². The summed E-state index contributed by atoms with van der Waals surface area (Å²) in [5.41, 5.74) is 7.28. The number of β-amino-alcohol motifs (C(OH)–C–C–N with tert-alkyl or cyclic N) is 1. The molecule has 1 aromatic rings. The van der Waals surface area contributed by atoms with Crippen molar-refractivity contribution in [2.24, 2.45) is 5.92 Å². The zero-order valence-electron chi connectivity index (χ0n) is 11.3. The molecule has 2 atom stereocenters. The van der Waals surface area contributed by atoms with Crippen LogP contribution in [0.15, 0.2) is 24.3 Å². The molecule has 2 unspecified atom stereocenters. The van der Waals surface area contributed by atoms with Crippen molar-refractivity contribution in [1.82, 2.24) is 4.90 Å². The predicted octanol–water partition coefficient (Wildman–Crippen LogP) is 1.40. The Hall–Kier alpha value is -1.10. The number of aliphatic hydroxyl groups excluding tert-OH is 2. The zero-order chi connectivity index (χ0) is 13.7. The van der Waals surface area contributed by atoms with E-state index in [-0.39, 0.29) is 6.61 Å². The normalized spacial score (nSPS) is 22.3. The van der Waals surface area contributed by atoms with Gasteiger partial charge in [0.1, 0.15) is 0 Å². The van der Waals surface area contributed by atoms with Gasteiger partial charge in [0, 0.05) is 25.4 Å². The van der Waals surface area contributed by atoms with Gasteiger partial charge in [-0.25, -0.2) is 0 Å². The van der Waals surface area contributed by atoms with Crippen LogP contribution in [0.5, 0.6) is 0 Å². The number of nitrogens with two attached hydrogens (primary N) is 1. The molecular weight excluding hydrogens is 240 g/mol. The lowest BCUT2D eigenvalue weighted by molar-refractivity contribution is 0.0781. The highest BCUT2D eigenvalue weighted by Gasteiger charge is 2.21. The van der Waals surface area contributed by atoms with Gasteiger partial charge in [0.15, 0.2) is 0 Å². The lowest BCUT2D eigenvalue weighted by atomic mass is 9.94. The fraction of sp³-hybridized carbons (Fsp3) is 0.600. The Balaban J connectivity index is 1.87. The van der Waals surface area contributed by atoms with E-state index in [2.05, 4.69) is 4.90 Å². The topological polar surface area (TPSA) is 69.7 Å². The summed E-state index contributed by atoms with van der Waals surface area (Å²) in [6, 6.07) is 7.41. The van der Waals surface area contributed by atoms with Crippen LogP contribution in [0.25, 0.3) is 0 Å². The van der Waals surface area contributed by atoms with Crippen LogP contribution in [-0.4, -0.2) is 41.4 Å². The molecule has 1 aliphatic heterocycles. The number of piperidine rings is 1. The van der Waals surface area contributed by atoms with Crippen LogP contribution in [0.3, 0.4) is 0 Å². The second-order valence-corrected chi connectivity index (χ2v) is 5.46. The molecule has 1 heterocycles. The molecule has 0 saturated carbocycles. The minimum absolute atomic E-state index is 0.263. The summed E-state index contributed by atoms with van der Waals surface area (Å²) in [6.45, 7) is 2.94. The van der Waals surface area contributed by atoms with E-state index in [1.165, 1.54) is 6.42 Å². The lowest BCUT2D eigenvalue weighted by Crippen LogP contribution is -2.38. The molecule has 2 rings (SSSR count). The van der Waals surface area contributed by atoms with Gasteiger partial charge in [-0.15, -0.1) is 0 Å². The molecule has 4 N–H and O–H groups in total. The van der Waals surface area contributed by atoms with Crippen molar-refractivity contribution in [1.29, 1.82) is 0 Å². The van der Waals surface area contributed by atoms with E-state index in [4.69, 9.17) is 10.8 Å². The molecule has 0 spiro atoms. The number of rotatable bonds is 5. The average Bonchev–Trinajstić information content (AvgIpc) is 2.40. The third kappa shape index (κ3) is 4.20. The van der Waals surface area contributed by atoms with Crippen molar-refractivity contribution >= 4 is 5.69 Å². The minimum atomic E-state index is -0.464. The van der Waals surface area contributed by atoms with Crippen LogP contribution in [0.2, 0.25) is 0 Å². The predicted molar refractivity (Wildman–Crippen MR) is 76.7 cm³/mol. The number of nitrogens with zero attached hydrogens (tertiary/aromatic N) is 1. The van der Waals surface area contributed by atoms with E-state index in [1.807, 2.05) is 24.3 Å². The Morgan fingerprint density at radius 2 is 2.05 bits per heavy atom. The highest BCUT2D eigenvalue weighted by atomic mass is 16.3. The van der Waals surface area contributed by atoms with E-state index >= 15 is 0 Å². The zero-order valence-corrected chi connectivity index (χ0v) is 11.3. The van der Waals surface area contributed by atoms with Gasteiger partial charge in [-0.05, 0) is 49.4 Å². The summed E-state index contributed by atoms with van der Waals surface area (Å²) < 4.78 is 0. The molecule has 1 aromatic carbocycles. The van der Waals surface area contributed by atoms with Gasteiger partial charge in [-0.2, -0.15) is 0 Å². The Labute approximate surface area is 114 Å². The second-order valence-electron chi connectivity index (χ2n) is 5.46. The molecule has 0 aliphatic carbocycles. The van der Waals surface area contributed by atoms with E-state index in [0.29, 0.717) is 12.5 Å². The Kier molecular flexibility index (Phi) is 5.19. The highest BCUT2D eigenvalue weighted by molar-refractivity contribution is 5.39. The largest absolute Gasteiger partial charge is 0.399 e.